The molecule has 0 bridgehead atoms. The van der Waals surface area contributed by atoms with Gasteiger partial charge in [0.25, 0.3) is 8.40 Å². The van der Waals surface area contributed by atoms with Crippen LogP contribution < -0.4 is 10.4 Å². The van der Waals surface area contributed by atoms with Crippen molar-refractivity contribution in [2.45, 2.75) is 32.2 Å². The quantitative estimate of drug-likeness (QED) is 0.472. The summed E-state index contributed by atoms with van der Waals surface area (Å²) >= 11 is 0. The van der Waals surface area contributed by atoms with Crippen LogP contribution in [0.1, 0.15) is 20.3 Å². The molecular formula is C8H22N2O2Si. The van der Waals surface area contributed by atoms with Crippen LogP contribution in [-0.2, 0) is 9.47 Å². The maximum Gasteiger partial charge on any atom is 0.260 e. The lowest BCUT2D eigenvalue weighted by Gasteiger charge is -2.32. The summed E-state index contributed by atoms with van der Waals surface area (Å²) in [6, 6.07) is 0.965. The minimum absolute atomic E-state index is 0.257. The fourth-order valence-electron chi connectivity index (χ4n) is 1.55. The van der Waals surface area contributed by atoms with Crippen LogP contribution >= 0.6 is 0 Å². The molecule has 0 aliphatic carbocycles. The Morgan fingerprint density at radius 1 is 1.31 bits per heavy atom. The molecule has 0 fully saturated rings. The maximum atomic E-state index is 6.26. The average molecular weight is 206 g/mol. The first-order chi connectivity index (χ1) is 6.14. The molecule has 0 saturated carbocycles. The van der Waals surface area contributed by atoms with Gasteiger partial charge < -0.3 is 19.9 Å². The van der Waals surface area contributed by atoms with E-state index in [0.29, 0.717) is 0 Å². The second-order valence-corrected chi connectivity index (χ2v) is 6.53. The van der Waals surface area contributed by atoms with Crippen LogP contribution in [-0.4, -0.2) is 35.1 Å². The van der Waals surface area contributed by atoms with Crippen LogP contribution in [0.25, 0.3) is 0 Å². The largest absolute Gasteiger partial charge is 0.356 e. The lowest BCUT2D eigenvalue weighted by molar-refractivity contribution is -0.0528. The van der Waals surface area contributed by atoms with Gasteiger partial charge in [0.15, 0.2) is 5.91 Å². The molecule has 0 aliphatic heterocycles. The summed E-state index contributed by atoms with van der Waals surface area (Å²) < 4.78 is 10.4. The minimum Gasteiger partial charge on any atom is -0.356 e. The third-order valence-corrected chi connectivity index (χ3v) is 5.67. The molecule has 4 nitrogen and oxygen atoms in total. The number of hydrogen-bond donors (Lipinski definition) is 2. The lowest BCUT2D eigenvalue weighted by Crippen LogP contribution is -2.68. The zero-order chi connectivity index (χ0) is 10.3. The molecule has 0 heterocycles. The van der Waals surface area contributed by atoms with Gasteiger partial charge in [0.2, 0.25) is 0 Å². The summed E-state index contributed by atoms with van der Waals surface area (Å²) in [6.07, 6.45) is 1.05. The highest BCUT2D eigenvalue weighted by atomic mass is 28.3. The van der Waals surface area contributed by atoms with E-state index < -0.39 is 8.40 Å². The molecule has 0 radical (unpaired) electrons. The van der Waals surface area contributed by atoms with Crippen LogP contribution in [0.4, 0.5) is 0 Å². The van der Waals surface area contributed by atoms with Gasteiger partial charge in [0.05, 0.1) is 0 Å². The average Bonchev–Trinajstić information content (AvgIpc) is 2.07. The van der Waals surface area contributed by atoms with E-state index in [9.17, 15) is 0 Å². The van der Waals surface area contributed by atoms with Crippen molar-refractivity contribution in [1.82, 2.24) is 4.98 Å². The molecule has 0 spiro atoms. The number of nitrogens with two attached hydrogens (primary N) is 1. The van der Waals surface area contributed by atoms with Gasteiger partial charge in [-0.15, -0.1) is 0 Å². The molecule has 0 aromatic heterocycles. The zero-order valence-electron chi connectivity index (χ0n) is 9.09. The van der Waals surface area contributed by atoms with Crippen LogP contribution in [0.3, 0.4) is 0 Å². The van der Waals surface area contributed by atoms with E-state index in [1.807, 2.05) is 6.92 Å². The third kappa shape index (κ3) is 3.74. The second kappa shape index (κ2) is 6.50. The van der Waals surface area contributed by atoms with E-state index in [1.165, 1.54) is 0 Å². The predicted molar refractivity (Wildman–Crippen MR) is 56.5 cm³/mol. The second-order valence-electron chi connectivity index (χ2n) is 3.12. The Morgan fingerprint density at radius 3 is 2.15 bits per heavy atom. The van der Waals surface area contributed by atoms with Gasteiger partial charge in [-0.2, -0.15) is 0 Å². The van der Waals surface area contributed by atoms with E-state index in [-0.39, 0.29) is 5.91 Å². The van der Waals surface area contributed by atoms with E-state index in [1.54, 1.807) is 14.2 Å². The number of rotatable bonds is 7. The van der Waals surface area contributed by atoms with Gasteiger partial charge in [-0.05, 0) is 12.6 Å². The highest BCUT2D eigenvalue weighted by Crippen LogP contribution is 2.10. The van der Waals surface area contributed by atoms with Crippen molar-refractivity contribution in [3.05, 3.63) is 0 Å². The molecule has 0 aromatic carbocycles. The molecule has 3 N–H and O–H groups in total. The zero-order valence-corrected chi connectivity index (χ0v) is 10.1. The smallest absolute Gasteiger partial charge is 0.260 e. The monoisotopic (exact) mass is 206 g/mol. The van der Waals surface area contributed by atoms with E-state index in [2.05, 4.69) is 11.9 Å². The maximum absolute atomic E-state index is 6.26. The van der Waals surface area contributed by atoms with Crippen molar-refractivity contribution in [2.75, 3.05) is 20.8 Å². The Balaban J connectivity index is 4.33. The molecule has 0 amide bonds. The van der Waals surface area contributed by atoms with Gasteiger partial charge >= 0.3 is 0 Å². The third-order valence-electron chi connectivity index (χ3n) is 2.02. The van der Waals surface area contributed by atoms with Crippen LogP contribution in [0.2, 0.25) is 6.04 Å². The Bertz CT molecular complexity index is 125. The Morgan fingerprint density at radius 2 is 1.85 bits per heavy atom. The van der Waals surface area contributed by atoms with Gasteiger partial charge in [-0.1, -0.05) is 20.3 Å². The van der Waals surface area contributed by atoms with E-state index >= 15 is 0 Å². The fraction of sp³-hybridized carbons (Fsp3) is 1.00. The fourth-order valence-corrected chi connectivity index (χ4v) is 4.46. The van der Waals surface area contributed by atoms with Gasteiger partial charge in [0.1, 0.15) is 0 Å². The first-order valence-electron chi connectivity index (χ1n) is 4.74. The Labute approximate surface area is 82.0 Å². The number of nitrogens with one attached hydrogen (secondary N) is 1. The first-order valence-corrected chi connectivity index (χ1v) is 7.10. The summed E-state index contributed by atoms with van der Waals surface area (Å²) in [4.78, 5) is 3.33. The molecule has 13 heavy (non-hydrogen) atoms. The van der Waals surface area contributed by atoms with Gasteiger partial charge in [0, 0.05) is 14.2 Å². The summed E-state index contributed by atoms with van der Waals surface area (Å²) in [5, 5.41) is 6.26. The molecule has 1 unspecified atom stereocenters. The topological polar surface area (TPSA) is 56.5 Å². The predicted octanol–water partition coefficient (Wildman–Crippen LogP) is 0.565. The first kappa shape index (κ1) is 13.1. The van der Waals surface area contributed by atoms with Crippen molar-refractivity contribution >= 4 is 8.40 Å². The summed E-state index contributed by atoms with van der Waals surface area (Å²) in [5.74, 6) is -0.257. The molecule has 0 aliphatic rings. The van der Waals surface area contributed by atoms with Crippen molar-refractivity contribution in [3.63, 3.8) is 0 Å². The van der Waals surface area contributed by atoms with Crippen molar-refractivity contribution < 1.29 is 9.47 Å². The summed E-state index contributed by atoms with van der Waals surface area (Å²) in [6.45, 7) is 5.03. The normalized spacial score (nSPS) is 16.2. The standard InChI is InChI=1S/C8H22N2O2Si/c1-5-7-13(9,10-6-2)8(11-3)12-4/h8,10H,5-7,9H2,1-4H3. The van der Waals surface area contributed by atoms with Crippen LogP contribution in [0.5, 0.6) is 0 Å². The molecule has 0 saturated heterocycles. The Kier molecular flexibility index (Phi) is 6.53. The molecule has 0 aromatic rings. The molecule has 1 atom stereocenters. The highest BCUT2D eigenvalue weighted by molar-refractivity contribution is 6.75. The van der Waals surface area contributed by atoms with Crippen molar-refractivity contribution in [1.29, 1.82) is 0 Å². The van der Waals surface area contributed by atoms with E-state index in [4.69, 9.17) is 14.9 Å². The minimum atomic E-state index is -2.07. The molecule has 80 valence electrons. The molecular weight excluding hydrogens is 184 g/mol. The van der Waals surface area contributed by atoms with Gasteiger partial charge in [-0.25, -0.2) is 0 Å². The number of ether oxygens (including phenoxy) is 2. The van der Waals surface area contributed by atoms with E-state index in [0.717, 1.165) is 19.0 Å². The van der Waals surface area contributed by atoms with Crippen LogP contribution in [0, 0.1) is 0 Å². The SMILES string of the molecule is CCC[Si](N)(NCC)C(OC)OC. The highest BCUT2D eigenvalue weighted by Gasteiger charge is 2.37. The lowest BCUT2D eigenvalue weighted by atomic mass is 10.6. The molecule has 0 rings (SSSR count). The Hall–Kier alpha value is 0.0569. The number of methoxy groups -OCH3 is 2. The van der Waals surface area contributed by atoms with Crippen molar-refractivity contribution in [3.8, 4) is 0 Å². The molecule has 5 heteroatoms. The van der Waals surface area contributed by atoms with Crippen molar-refractivity contribution in [2.24, 2.45) is 5.40 Å². The summed E-state index contributed by atoms with van der Waals surface area (Å²) in [7, 11) is 1.20. The summed E-state index contributed by atoms with van der Waals surface area (Å²) in [5.41, 5.74) is 0. The van der Waals surface area contributed by atoms with Gasteiger partial charge in [-0.3, -0.25) is 0 Å². The number of hydrogen-bond acceptors (Lipinski definition) is 4. The van der Waals surface area contributed by atoms with Crippen LogP contribution in [0.15, 0.2) is 0 Å².